The molecule has 0 spiro atoms. The molecule has 0 radical (unpaired) electrons. The summed E-state index contributed by atoms with van der Waals surface area (Å²) in [6.07, 6.45) is 2.52. The Bertz CT molecular complexity index is 495. The van der Waals surface area contributed by atoms with Crippen LogP contribution >= 0.6 is 15.9 Å². The fourth-order valence-electron chi connectivity index (χ4n) is 1.76. The molecule has 2 aromatic rings. The van der Waals surface area contributed by atoms with Crippen LogP contribution in [-0.2, 0) is 13.0 Å². The number of hydrogen-bond acceptors (Lipinski definition) is 2. The SMILES string of the molecule is CC(Cc1ccc(F)cc1)NCc1occc1Br. The number of hydrogen-bond donors (Lipinski definition) is 1. The van der Waals surface area contributed by atoms with Crippen molar-refractivity contribution in [3.05, 3.63) is 58.2 Å². The summed E-state index contributed by atoms with van der Waals surface area (Å²) < 4.78 is 19.1. The van der Waals surface area contributed by atoms with E-state index in [1.807, 2.05) is 18.2 Å². The maximum atomic E-state index is 12.8. The van der Waals surface area contributed by atoms with Gasteiger partial charge in [0.05, 0.1) is 17.3 Å². The number of benzene rings is 1. The number of furan rings is 1. The molecule has 0 saturated carbocycles. The van der Waals surface area contributed by atoms with Crippen LogP contribution in [0.5, 0.6) is 0 Å². The highest BCUT2D eigenvalue weighted by Crippen LogP contribution is 2.17. The second-order valence-electron chi connectivity index (χ2n) is 4.30. The molecule has 1 heterocycles. The van der Waals surface area contributed by atoms with Crippen molar-refractivity contribution < 1.29 is 8.81 Å². The van der Waals surface area contributed by atoms with Gasteiger partial charge in [0.25, 0.3) is 0 Å². The van der Waals surface area contributed by atoms with Crippen LogP contribution in [0.3, 0.4) is 0 Å². The minimum atomic E-state index is -0.195. The highest BCUT2D eigenvalue weighted by atomic mass is 79.9. The molecule has 1 aromatic heterocycles. The lowest BCUT2D eigenvalue weighted by atomic mass is 10.1. The van der Waals surface area contributed by atoms with Crippen molar-refractivity contribution >= 4 is 15.9 Å². The van der Waals surface area contributed by atoms with Gasteiger partial charge in [0.15, 0.2) is 0 Å². The summed E-state index contributed by atoms with van der Waals surface area (Å²) in [6, 6.07) is 8.79. The Morgan fingerprint density at radius 3 is 2.61 bits per heavy atom. The van der Waals surface area contributed by atoms with Gasteiger partial charge >= 0.3 is 0 Å². The highest BCUT2D eigenvalue weighted by Gasteiger charge is 2.07. The summed E-state index contributed by atoms with van der Waals surface area (Å²) in [7, 11) is 0. The maximum Gasteiger partial charge on any atom is 0.131 e. The second-order valence-corrected chi connectivity index (χ2v) is 5.16. The van der Waals surface area contributed by atoms with Gasteiger partial charge in [-0.1, -0.05) is 12.1 Å². The topological polar surface area (TPSA) is 25.2 Å². The number of rotatable bonds is 5. The highest BCUT2D eigenvalue weighted by molar-refractivity contribution is 9.10. The van der Waals surface area contributed by atoms with E-state index in [2.05, 4.69) is 28.2 Å². The van der Waals surface area contributed by atoms with E-state index in [0.717, 1.165) is 22.2 Å². The third-order valence-corrected chi connectivity index (χ3v) is 3.46. The molecule has 0 fully saturated rings. The summed E-state index contributed by atoms with van der Waals surface area (Å²) in [4.78, 5) is 0. The van der Waals surface area contributed by atoms with Crippen LogP contribution in [-0.4, -0.2) is 6.04 Å². The van der Waals surface area contributed by atoms with E-state index in [4.69, 9.17) is 4.42 Å². The molecular formula is C14H15BrFNO. The van der Waals surface area contributed by atoms with Crippen molar-refractivity contribution in [2.75, 3.05) is 0 Å². The van der Waals surface area contributed by atoms with Gasteiger partial charge in [-0.15, -0.1) is 0 Å². The molecule has 1 N–H and O–H groups in total. The van der Waals surface area contributed by atoms with E-state index >= 15 is 0 Å². The zero-order chi connectivity index (χ0) is 13.0. The quantitative estimate of drug-likeness (QED) is 0.906. The predicted molar refractivity (Wildman–Crippen MR) is 72.8 cm³/mol. The van der Waals surface area contributed by atoms with Crippen molar-refractivity contribution in [3.63, 3.8) is 0 Å². The molecule has 1 unspecified atom stereocenters. The predicted octanol–water partition coefficient (Wildman–Crippen LogP) is 3.90. The third kappa shape index (κ3) is 3.68. The summed E-state index contributed by atoms with van der Waals surface area (Å²) in [5, 5.41) is 3.37. The second kappa shape index (κ2) is 6.16. The van der Waals surface area contributed by atoms with Gasteiger partial charge in [0.1, 0.15) is 11.6 Å². The molecule has 4 heteroatoms. The lowest BCUT2D eigenvalue weighted by molar-refractivity contribution is 0.451. The normalized spacial score (nSPS) is 12.6. The van der Waals surface area contributed by atoms with Crippen molar-refractivity contribution in [2.24, 2.45) is 0 Å². The first-order valence-corrected chi connectivity index (χ1v) is 6.64. The van der Waals surface area contributed by atoms with E-state index in [9.17, 15) is 4.39 Å². The Morgan fingerprint density at radius 1 is 1.28 bits per heavy atom. The summed E-state index contributed by atoms with van der Waals surface area (Å²) in [5.74, 6) is 0.694. The zero-order valence-electron chi connectivity index (χ0n) is 10.1. The van der Waals surface area contributed by atoms with Crippen LogP contribution in [0.2, 0.25) is 0 Å². The van der Waals surface area contributed by atoms with Gasteiger partial charge < -0.3 is 9.73 Å². The third-order valence-electron chi connectivity index (χ3n) is 2.76. The minimum Gasteiger partial charge on any atom is -0.467 e. The van der Waals surface area contributed by atoms with Crippen molar-refractivity contribution in [1.82, 2.24) is 5.32 Å². The Balaban J connectivity index is 1.83. The fraction of sp³-hybridized carbons (Fsp3) is 0.286. The van der Waals surface area contributed by atoms with Crippen molar-refractivity contribution in [3.8, 4) is 0 Å². The Kier molecular flexibility index (Phi) is 4.55. The lowest BCUT2D eigenvalue weighted by Gasteiger charge is -2.13. The van der Waals surface area contributed by atoms with Gasteiger partial charge in [0, 0.05) is 6.04 Å². The Morgan fingerprint density at radius 2 is 2.00 bits per heavy atom. The molecule has 0 aliphatic heterocycles. The fourth-order valence-corrected chi connectivity index (χ4v) is 2.11. The van der Waals surface area contributed by atoms with Crippen molar-refractivity contribution in [1.29, 1.82) is 0 Å². The van der Waals surface area contributed by atoms with E-state index in [1.54, 1.807) is 6.26 Å². The number of halogens is 2. The standard InChI is InChI=1S/C14H15BrFNO/c1-10(8-11-2-4-12(16)5-3-11)17-9-14-13(15)6-7-18-14/h2-7,10,17H,8-9H2,1H3. The summed E-state index contributed by atoms with van der Waals surface area (Å²) >= 11 is 3.42. The van der Waals surface area contributed by atoms with E-state index in [-0.39, 0.29) is 5.82 Å². The summed E-state index contributed by atoms with van der Waals surface area (Å²) in [6.45, 7) is 2.77. The summed E-state index contributed by atoms with van der Waals surface area (Å²) in [5.41, 5.74) is 1.12. The van der Waals surface area contributed by atoms with Gasteiger partial charge in [0.2, 0.25) is 0 Å². The smallest absolute Gasteiger partial charge is 0.131 e. The van der Waals surface area contributed by atoms with Crippen LogP contribution in [0, 0.1) is 5.82 Å². The van der Waals surface area contributed by atoms with Crippen molar-refractivity contribution in [2.45, 2.75) is 25.9 Å². The van der Waals surface area contributed by atoms with Crippen LogP contribution < -0.4 is 5.32 Å². The van der Waals surface area contributed by atoms with E-state index in [0.29, 0.717) is 12.6 Å². The molecular weight excluding hydrogens is 297 g/mol. The first-order chi connectivity index (χ1) is 8.65. The molecule has 18 heavy (non-hydrogen) atoms. The maximum absolute atomic E-state index is 12.8. The molecule has 0 bridgehead atoms. The molecule has 0 aliphatic rings. The molecule has 2 rings (SSSR count). The monoisotopic (exact) mass is 311 g/mol. The van der Waals surface area contributed by atoms with E-state index < -0.39 is 0 Å². The van der Waals surface area contributed by atoms with Gasteiger partial charge in [-0.05, 0) is 53.0 Å². The van der Waals surface area contributed by atoms with Crippen LogP contribution in [0.4, 0.5) is 4.39 Å². The molecule has 96 valence electrons. The van der Waals surface area contributed by atoms with E-state index in [1.165, 1.54) is 12.1 Å². The molecule has 1 aromatic carbocycles. The largest absolute Gasteiger partial charge is 0.467 e. The molecule has 0 amide bonds. The molecule has 2 nitrogen and oxygen atoms in total. The molecule has 0 saturated heterocycles. The molecule has 1 atom stereocenters. The average Bonchev–Trinajstić information content (AvgIpc) is 2.75. The number of nitrogens with one attached hydrogen (secondary N) is 1. The molecule has 0 aliphatic carbocycles. The Labute approximate surface area is 114 Å². The lowest BCUT2D eigenvalue weighted by Crippen LogP contribution is -2.27. The van der Waals surface area contributed by atoms with Gasteiger partial charge in [-0.3, -0.25) is 0 Å². The first-order valence-electron chi connectivity index (χ1n) is 5.85. The zero-order valence-corrected chi connectivity index (χ0v) is 11.7. The van der Waals surface area contributed by atoms with Gasteiger partial charge in [-0.2, -0.15) is 0 Å². The first kappa shape index (κ1) is 13.3. The van der Waals surface area contributed by atoms with Gasteiger partial charge in [-0.25, -0.2) is 4.39 Å². The van der Waals surface area contributed by atoms with Crippen LogP contribution in [0.25, 0.3) is 0 Å². The average molecular weight is 312 g/mol. The minimum absolute atomic E-state index is 0.195. The van der Waals surface area contributed by atoms with Crippen LogP contribution in [0.15, 0.2) is 45.5 Å². The van der Waals surface area contributed by atoms with Crippen LogP contribution in [0.1, 0.15) is 18.2 Å². The Hall–Kier alpha value is -1.13.